The summed E-state index contributed by atoms with van der Waals surface area (Å²) in [5.41, 5.74) is -0.648. The first-order valence-electron chi connectivity index (χ1n) is 4.39. The number of nitrogens with zero attached hydrogens (tertiary/aromatic N) is 1. The van der Waals surface area contributed by atoms with Gasteiger partial charge in [-0.3, -0.25) is 0 Å². The minimum absolute atomic E-state index is 0.139. The van der Waals surface area contributed by atoms with Crippen LogP contribution in [0, 0.1) is 11.3 Å². The fraction of sp³-hybridized carbons (Fsp3) is 0.182. The monoisotopic (exact) mass is 227 g/mol. The summed E-state index contributed by atoms with van der Waals surface area (Å²) in [6.07, 6.45) is -1.46. The van der Waals surface area contributed by atoms with Gasteiger partial charge in [0.05, 0.1) is 18.1 Å². The topological polar surface area (TPSA) is 44.0 Å². The van der Waals surface area contributed by atoms with E-state index in [4.69, 9.17) is 5.26 Å². The standard InChI is InChI=1S/C11H8F3NO/c12-11(13,14)9-5-4-8(10(16)7-9)3-1-2-6-15/h1,3-5,7,16H,2H2. The zero-order chi connectivity index (χ0) is 12.2. The van der Waals surface area contributed by atoms with Crippen molar-refractivity contribution in [2.75, 3.05) is 0 Å². The number of phenolic OH excluding ortho intramolecular Hbond substituents is 1. The Hall–Kier alpha value is -1.96. The first-order chi connectivity index (χ1) is 7.45. The van der Waals surface area contributed by atoms with Crippen LogP contribution in [-0.2, 0) is 6.18 Å². The van der Waals surface area contributed by atoms with Gasteiger partial charge in [-0.05, 0) is 12.1 Å². The summed E-state index contributed by atoms with van der Waals surface area (Å²) in [7, 11) is 0. The number of aromatic hydroxyl groups is 1. The summed E-state index contributed by atoms with van der Waals surface area (Å²) in [4.78, 5) is 0. The van der Waals surface area contributed by atoms with Gasteiger partial charge in [0, 0.05) is 5.56 Å². The molecule has 0 aliphatic carbocycles. The third kappa shape index (κ3) is 3.02. The maximum absolute atomic E-state index is 12.2. The molecule has 0 aliphatic heterocycles. The maximum atomic E-state index is 12.2. The lowest BCUT2D eigenvalue weighted by atomic mass is 10.1. The van der Waals surface area contributed by atoms with E-state index in [1.807, 2.05) is 6.07 Å². The largest absolute Gasteiger partial charge is 0.507 e. The van der Waals surface area contributed by atoms with Gasteiger partial charge in [0.2, 0.25) is 0 Å². The zero-order valence-corrected chi connectivity index (χ0v) is 8.12. The Morgan fingerprint density at radius 2 is 2.06 bits per heavy atom. The smallest absolute Gasteiger partial charge is 0.416 e. The Labute approximate surface area is 90.2 Å². The molecule has 1 rings (SSSR count). The van der Waals surface area contributed by atoms with Crippen LogP contribution in [0.4, 0.5) is 13.2 Å². The molecule has 0 amide bonds. The van der Waals surface area contributed by atoms with Crippen molar-refractivity contribution in [3.63, 3.8) is 0 Å². The van der Waals surface area contributed by atoms with Crippen LogP contribution >= 0.6 is 0 Å². The molecule has 0 unspecified atom stereocenters. The van der Waals surface area contributed by atoms with Crippen molar-refractivity contribution in [2.45, 2.75) is 12.6 Å². The van der Waals surface area contributed by atoms with E-state index in [0.29, 0.717) is 6.07 Å². The van der Waals surface area contributed by atoms with Crippen LogP contribution in [0.1, 0.15) is 17.5 Å². The first kappa shape index (κ1) is 12.1. The van der Waals surface area contributed by atoms with Crippen LogP contribution in [0.2, 0.25) is 0 Å². The molecule has 0 saturated heterocycles. The van der Waals surface area contributed by atoms with Gasteiger partial charge in [-0.25, -0.2) is 0 Å². The van der Waals surface area contributed by atoms with Gasteiger partial charge >= 0.3 is 6.18 Å². The van der Waals surface area contributed by atoms with Crippen LogP contribution in [0.15, 0.2) is 24.3 Å². The average molecular weight is 227 g/mol. The molecule has 0 heterocycles. The van der Waals surface area contributed by atoms with E-state index < -0.39 is 17.5 Å². The predicted molar refractivity (Wildman–Crippen MR) is 52.4 cm³/mol. The highest BCUT2D eigenvalue weighted by molar-refractivity contribution is 5.58. The summed E-state index contributed by atoms with van der Waals surface area (Å²) >= 11 is 0. The molecule has 0 aliphatic rings. The van der Waals surface area contributed by atoms with Crippen LogP contribution < -0.4 is 0 Å². The summed E-state index contributed by atoms with van der Waals surface area (Å²) < 4.78 is 36.7. The van der Waals surface area contributed by atoms with E-state index in [2.05, 4.69) is 0 Å². The number of phenols is 1. The van der Waals surface area contributed by atoms with Gasteiger partial charge < -0.3 is 5.11 Å². The Bertz CT molecular complexity index is 444. The maximum Gasteiger partial charge on any atom is 0.416 e. The molecule has 16 heavy (non-hydrogen) atoms. The number of nitriles is 1. The molecule has 0 aromatic heterocycles. The molecule has 1 aromatic carbocycles. The molecule has 5 heteroatoms. The molecule has 0 radical (unpaired) electrons. The van der Waals surface area contributed by atoms with E-state index in [-0.39, 0.29) is 12.0 Å². The van der Waals surface area contributed by atoms with Gasteiger partial charge in [0.15, 0.2) is 0 Å². The second kappa shape index (κ2) is 4.71. The molecule has 1 N–H and O–H groups in total. The van der Waals surface area contributed by atoms with Crippen molar-refractivity contribution in [2.24, 2.45) is 0 Å². The molecule has 0 saturated carbocycles. The average Bonchev–Trinajstić information content (AvgIpc) is 2.19. The minimum atomic E-state index is -4.47. The van der Waals surface area contributed by atoms with Gasteiger partial charge in [-0.2, -0.15) is 18.4 Å². The minimum Gasteiger partial charge on any atom is -0.507 e. The highest BCUT2D eigenvalue weighted by Gasteiger charge is 2.30. The number of hydrogen-bond donors (Lipinski definition) is 1. The molecule has 2 nitrogen and oxygen atoms in total. The highest BCUT2D eigenvalue weighted by atomic mass is 19.4. The van der Waals surface area contributed by atoms with Crippen LogP contribution in [-0.4, -0.2) is 5.11 Å². The van der Waals surface area contributed by atoms with Crippen LogP contribution in [0.3, 0.4) is 0 Å². The quantitative estimate of drug-likeness (QED) is 0.842. The number of allylic oxidation sites excluding steroid dienone is 1. The summed E-state index contributed by atoms with van der Waals surface area (Å²) in [5, 5.41) is 17.6. The number of halogens is 3. The molecule has 1 aromatic rings. The molecule has 84 valence electrons. The third-order valence-electron chi connectivity index (χ3n) is 1.86. The molecular formula is C11H8F3NO. The van der Waals surface area contributed by atoms with Gasteiger partial charge in [0.25, 0.3) is 0 Å². The van der Waals surface area contributed by atoms with Gasteiger partial charge in [-0.1, -0.05) is 18.2 Å². The summed E-state index contributed by atoms with van der Waals surface area (Å²) in [6.45, 7) is 0. The Morgan fingerprint density at radius 1 is 1.38 bits per heavy atom. The van der Waals surface area contributed by atoms with Gasteiger partial charge in [0.1, 0.15) is 5.75 Å². The first-order valence-corrected chi connectivity index (χ1v) is 4.39. The van der Waals surface area contributed by atoms with E-state index in [1.54, 1.807) is 0 Å². The lowest BCUT2D eigenvalue weighted by Crippen LogP contribution is -2.04. The van der Waals surface area contributed by atoms with Crippen molar-refractivity contribution in [3.05, 3.63) is 35.4 Å². The Morgan fingerprint density at radius 3 is 2.56 bits per heavy atom. The summed E-state index contributed by atoms with van der Waals surface area (Å²) in [5.74, 6) is -0.455. The van der Waals surface area contributed by atoms with Crippen molar-refractivity contribution < 1.29 is 18.3 Å². The van der Waals surface area contributed by atoms with E-state index in [0.717, 1.165) is 12.1 Å². The highest BCUT2D eigenvalue weighted by Crippen LogP contribution is 2.32. The molecule has 0 atom stereocenters. The van der Waals surface area contributed by atoms with Crippen LogP contribution in [0.5, 0.6) is 5.75 Å². The second-order valence-electron chi connectivity index (χ2n) is 3.04. The Balaban J connectivity index is 2.97. The lowest BCUT2D eigenvalue weighted by Gasteiger charge is -2.07. The Kier molecular flexibility index (Phi) is 3.56. The molecule has 0 bridgehead atoms. The van der Waals surface area contributed by atoms with E-state index in [9.17, 15) is 18.3 Å². The number of rotatable bonds is 2. The van der Waals surface area contributed by atoms with Crippen molar-refractivity contribution in [1.82, 2.24) is 0 Å². The fourth-order valence-corrected chi connectivity index (χ4v) is 1.10. The van der Waals surface area contributed by atoms with E-state index in [1.165, 1.54) is 12.2 Å². The number of benzene rings is 1. The number of alkyl halides is 3. The predicted octanol–water partition coefficient (Wildman–Crippen LogP) is 3.34. The third-order valence-corrected chi connectivity index (χ3v) is 1.86. The normalized spacial score (nSPS) is 11.6. The van der Waals surface area contributed by atoms with Gasteiger partial charge in [-0.15, -0.1) is 0 Å². The summed E-state index contributed by atoms with van der Waals surface area (Å²) in [6, 6.07) is 4.54. The van der Waals surface area contributed by atoms with Crippen molar-refractivity contribution in [1.29, 1.82) is 5.26 Å². The fourth-order valence-electron chi connectivity index (χ4n) is 1.10. The zero-order valence-electron chi connectivity index (χ0n) is 8.12. The lowest BCUT2D eigenvalue weighted by molar-refractivity contribution is -0.137. The second-order valence-corrected chi connectivity index (χ2v) is 3.04. The van der Waals surface area contributed by atoms with Crippen LogP contribution in [0.25, 0.3) is 6.08 Å². The van der Waals surface area contributed by atoms with Crippen molar-refractivity contribution in [3.8, 4) is 11.8 Å². The molecule has 0 spiro atoms. The SMILES string of the molecule is N#CCC=Cc1ccc(C(F)(F)F)cc1O. The molecular weight excluding hydrogens is 219 g/mol. The van der Waals surface area contributed by atoms with Crippen molar-refractivity contribution >= 4 is 6.08 Å². The molecule has 0 fully saturated rings. The van der Waals surface area contributed by atoms with E-state index >= 15 is 0 Å². The number of hydrogen-bond acceptors (Lipinski definition) is 2.